The number of para-hydroxylation sites is 1. The molecule has 1 atom stereocenters. The molecule has 126 valence electrons. The maximum atomic E-state index is 12.7. The maximum absolute atomic E-state index is 12.7. The first-order valence-corrected chi connectivity index (χ1v) is 9.59. The predicted molar refractivity (Wildman–Crippen MR) is 89.7 cm³/mol. The summed E-state index contributed by atoms with van der Waals surface area (Å²) in [6, 6.07) is 8.05. The van der Waals surface area contributed by atoms with E-state index in [0.717, 1.165) is 32.4 Å². The summed E-state index contributed by atoms with van der Waals surface area (Å²) in [7, 11) is -1.46. The summed E-state index contributed by atoms with van der Waals surface area (Å²) in [6.45, 7) is 5.15. The highest BCUT2D eigenvalue weighted by atomic mass is 32.2. The number of sulfonamides is 1. The molecule has 2 heterocycles. The summed E-state index contributed by atoms with van der Waals surface area (Å²) in [5, 5.41) is 0. The van der Waals surface area contributed by atoms with Crippen LogP contribution >= 0.6 is 0 Å². The highest BCUT2D eigenvalue weighted by Crippen LogP contribution is 2.39. The van der Waals surface area contributed by atoms with Crippen molar-refractivity contribution in [1.82, 2.24) is 9.80 Å². The quantitative estimate of drug-likeness (QED) is 0.808. The Bertz CT molecular complexity index is 691. The van der Waals surface area contributed by atoms with Crippen molar-refractivity contribution in [3.8, 4) is 0 Å². The number of likely N-dealkylation sites (tertiary alicyclic amines) is 2. The molecular weight excluding hydrogens is 314 g/mol. The van der Waals surface area contributed by atoms with Gasteiger partial charge < -0.3 is 9.80 Å². The van der Waals surface area contributed by atoms with E-state index in [1.807, 2.05) is 6.07 Å². The maximum Gasteiger partial charge on any atom is 0.246 e. The molecule has 0 aromatic heterocycles. The number of carbonyl (C=O) groups excluding carboxylic acids is 1. The monoisotopic (exact) mass is 337 g/mol. The summed E-state index contributed by atoms with van der Waals surface area (Å²) in [4.78, 5) is 16.7. The van der Waals surface area contributed by atoms with Crippen LogP contribution in [0, 0.1) is 5.41 Å². The second kappa shape index (κ2) is 5.49. The van der Waals surface area contributed by atoms with Crippen molar-refractivity contribution in [3.05, 3.63) is 30.3 Å². The van der Waals surface area contributed by atoms with Crippen LogP contribution in [0.25, 0.3) is 0 Å². The molecule has 7 heteroatoms. The Morgan fingerprint density at radius 1 is 1.17 bits per heavy atom. The number of carbonyl (C=O) groups is 1. The zero-order valence-corrected chi connectivity index (χ0v) is 14.6. The van der Waals surface area contributed by atoms with E-state index in [1.54, 1.807) is 36.1 Å². The van der Waals surface area contributed by atoms with Gasteiger partial charge in [-0.1, -0.05) is 18.2 Å². The van der Waals surface area contributed by atoms with Crippen molar-refractivity contribution in [1.29, 1.82) is 0 Å². The third-order valence-corrected chi connectivity index (χ3v) is 5.89. The van der Waals surface area contributed by atoms with Gasteiger partial charge in [0.15, 0.2) is 0 Å². The fourth-order valence-electron chi connectivity index (χ4n) is 3.86. The van der Waals surface area contributed by atoms with E-state index in [0.29, 0.717) is 5.69 Å². The van der Waals surface area contributed by atoms with Crippen LogP contribution in [0.2, 0.25) is 0 Å². The highest BCUT2D eigenvalue weighted by Gasteiger charge is 2.52. The lowest BCUT2D eigenvalue weighted by molar-refractivity contribution is -0.157. The Morgan fingerprint density at radius 2 is 1.74 bits per heavy atom. The van der Waals surface area contributed by atoms with Crippen LogP contribution in [-0.2, 0) is 14.8 Å². The Labute approximate surface area is 137 Å². The second-order valence-electron chi connectivity index (χ2n) is 6.94. The molecule has 2 fully saturated rings. The van der Waals surface area contributed by atoms with Gasteiger partial charge in [-0.3, -0.25) is 9.10 Å². The summed E-state index contributed by atoms with van der Waals surface area (Å²) in [6.07, 6.45) is 1.14. The molecule has 0 N–H and O–H groups in total. The first-order valence-electron chi connectivity index (χ1n) is 7.74. The zero-order valence-electron chi connectivity index (χ0n) is 13.8. The lowest BCUT2D eigenvalue weighted by Crippen LogP contribution is -2.73. The van der Waals surface area contributed by atoms with Gasteiger partial charge in [0, 0.05) is 31.6 Å². The molecule has 0 saturated carbocycles. The molecule has 3 rings (SSSR count). The van der Waals surface area contributed by atoms with Crippen LogP contribution in [0.5, 0.6) is 0 Å². The summed E-state index contributed by atoms with van der Waals surface area (Å²) in [5.41, 5.74) is 0.766. The van der Waals surface area contributed by atoms with Crippen molar-refractivity contribution < 1.29 is 13.2 Å². The topological polar surface area (TPSA) is 60.9 Å². The van der Waals surface area contributed by atoms with E-state index in [4.69, 9.17) is 0 Å². The lowest BCUT2D eigenvalue weighted by atomic mass is 9.73. The van der Waals surface area contributed by atoms with Crippen LogP contribution in [-0.4, -0.2) is 69.6 Å². The number of nitrogens with zero attached hydrogens (tertiary/aromatic N) is 3. The molecule has 2 aliphatic heterocycles. The van der Waals surface area contributed by atoms with Crippen molar-refractivity contribution in [2.45, 2.75) is 13.0 Å². The normalized spacial score (nSPS) is 21.4. The molecule has 1 unspecified atom stereocenters. The predicted octanol–water partition coefficient (Wildman–Crippen LogP) is 0.615. The molecule has 1 amide bonds. The molecule has 1 aromatic rings. The van der Waals surface area contributed by atoms with Gasteiger partial charge in [0.25, 0.3) is 0 Å². The van der Waals surface area contributed by atoms with Gasteiger partial charge in [0.2, 0.25) is 15.9 Å². The number of amides is 1. The smallest absolute Gasteiger partial charge is 0.246 e. The Morgan fingerprint density at radius 3 is 2.22 bits per heavy atom. The second-order valence-corrected chi connectivity index (χ2v) is 8.80. The first kappa shape index (κ1) is 16.3. The van der Waals surface area contributed by atoms with Gasteiger partial charge in [-0.15, -0.1) is 0 Å². The fraction of sp³-hybridized carbons (Fsp3) is 0.562. The highest BCUT2D eigenvalue weighted by molar-refractivity contribution is 7.92. The molecule has 6 nitrogen and oxygen atoms in total. The Balaban J connectivity index is 1.74. The minimum Gasteiger partial charge on any atom is -0.339 e. The minimum atomic E-state index is -3.53. The third-order valence-electron chi connectivity index (χ3n) is 4.65. The van der Waals surface area contributed by atoms with E-state index < -0.39 is 16.1 Å². The first-order chi connectivity index (χ1) is 10.7. The summed E-state index contributed by atoms with van der Waals surface area (Å²) in [5.74, 6) is -0.126. The Hall–Kier alpha value is -1.60. The molecular formula is C16H23N3O3S. The molecule has 1 aromatic carbocycles. The van der Waals surface area contributed by atoms with Gasteiger partial charge in [0.1, 0.15) is 6.04 Å². The standard InChI is InChI=1S/C16H23N3O3S/c1-13(15(20)18-11-16(12-18)9-17(2)10-16)19(23(3,21)22)14-7-5-4-6-8-14/h4-8,13H,9-12H2,1-3H3. The number of rotatable bonds is 4. The van der Waals surface area contributed by atoms with E-state index in [-0.39, 0.29) is 11.3 Å². The minimum absolute atomic E-state index is 0.126. The van der Waals surface area contributed by atoms with E-state index in [2.05, 4.69) is 11.9 Å². The van der Waals surface area contributed by atoms with Crippen LogP contribution in [0.15, 0.2) is 30.3 Å². The van der Waals surface area contributed by atoms with Crippen molar-refractivity contribution in [2.24, 2.45) is 5.41 Å². The van der Waals surface area contributed by atoms with Gasteiger partial charge in [-0.25, -0.2) is 8.42 Å². The number of anilines is 1. The fourth-order valence-corrected chi connectivity index (χ4v) is 5.03. The van der Waals surface area contributed by atoms with Gasteiger partial charge in [-0.05, 0) is 26.1 Å². The largest absolute Gasteiger partial charge is 0.339 e. The van der Waals surface area contributed by atoms with Crippen molar-refractivity contribution >= 4 is 21.6 Å². The summed E-state index contributed by atoms with van der Waals surface area (Å²) >= 11 is 0. The molecule has 0 aliphatic carbocycles. The average molecular weight is 337 g/mol. The molecule has 2 aliphatic rings. The Kier molecular flexibility index (Phi) is 3.88. The number of benzene rings is 1. The molecule has 23 heavy (non-hydrogen) atoms. The van der Waals surface area contributed by atoms with Crippen molar-refractivity contribution in [2.75, 3.05) is 43.8 Å². The SMILES string of the molecule is CC(C(=O)N1CC2(CN(C)C2)C1)N(c1ccccc1)S(C)(=O)=O. The van der Waals surface area contributed by atoms with E-state index >= 15 is 0 Å². The van der Waals surface area contributed by atoms with Gasteiger partial charge >= 0.3 is 0 Å². The van der Waals surface area contributed by atoms with Crippen LogP contribution in [0.4, 0.5) is 5.69 Å². The summed E-state index contributed by atoms with van der Waals surface area (Å²) < 4.78 is 25.6. The van der Waals surface area contributed by atoms with Crippen LogP contribution < -0.4 is 4.31 Å². The van der Waals surface area contributed by atoms with Crippen LogP contribution in [0.1, 0.15) is 6.92 Å². The molecule has 0 radical (unpaired) electrons. The van der Waals surface area contributed by atoms with E-state index in [1.165, 1.54) is 4.31 Å². The zero-order chi connectivity index (χ0) is 16.8. The molecule has 1 spiro atoms. The average Bonchev–Trinajstić information content (AvgIpc) is 2.40. The lowest BCUT2D eigenvalue weighted by Gasteiger charge is -2.60. The van der Waals surface area contributed by atoms with Gasteiger partial charge in [0.05, 0.1) is 11.9 Å². The van der Waals surface area contributed by atoms with Crippen molar-refractivity contribution in [3.63, 3.8) is 0 Å². The molecule has 0 bridgehead atoms. The van der Waals surface area contributed by atoms with Gasteiger partial charge in [-0.2, -0.15) is 0 Å². The number of hydrogen-bond donors (Lipinski definition) is 0. The number of hydrogen-bond acceptors (Lipinski definition) is 4. The third kappa shape index (κ3) is 2.95. The van der Waals surface area contributed by atoms with E-state index in [9.17, 15) is 13.2 Å². The molecule has 2 saturated heterocycles. The van der Waals surface area contributed by atoms with Crippen LogP contribution in [0.3, 0.4) is 0 Å².